The summed E-state index contributed by atoms with van der Waals surface area (Å²) in [6.07, 6.45) is 0. The van der Waals surface area contributed by atoms with Gasteiger partial charge in [0.15, 0.2) is 11.5 Å². The highest BCUT2D eigenvalue weighted by Gasteiger charge is 2.27. The van der Waals surface area contributed by atoms with E-state index in [1.807, 2.05) is 26.0 Å². The first-order valence-electron chi connectivity index (χ1n) is 10.7. The third-order valence-corrected chi connectivity index (χ3v) is 7.46. The van der Waals surface area contributed by atoms with Gasteiger partial charge in [-0.3, -0.25) is 4.79 Å². The third kappa shape index (κ3) is 4.88. The van der Waals surface area contributed by atoms with E-state index in [1.165, 1.54) is 6.07 Å². The van der Waals surface area contributed by atoms with E-state index < -0.39 is 26.6 Å². The van der Waals surface area contributed by atoms with Crippen LogP contribution in [0.3, 0.4) is 0 Å². The van der Waals surface area contributed by atoms with Gasteiger partial charge in [0, 0.05) is 18.7 Å². The number of carbonyl (C=O) groups excluding carboxylic acids is 1. The molecule has 1 N–H and O–H groups in total. The molecule has 1 amide bonds. The number of ether oxygens (including phenoxy) is 2. The van der Waals surface area contributed by atoms with Crippen LogP contribution >= 0.6 is 0 Å². The van der Waals surface area contributed by atoms with Gasteiger partial charge in [0.25, 0.3) is 5.91 Å². The Morgan fingerprint density at radius 1 is 1.06 bits per heavy atom. The second-order valence-electron chi connectivity index (χ2n) is 7.83. The summed E-state index contributed by atoms with van der Waals surface area (Å²) in [4.78, 5) is 12.5. The van der Waals surface area contributed by atoms with Gasteiger partial charge in [-0.15, -0.1) is 0 Å². The molecule has 0 spiro atoms. The molecule has 0 saturated carbocycles. The molecular weight excluding hydrogens is 435 g/mol. The molecule has 9 heteroatoms. The molecule has 1 unspecified atom stereocenters. The van der Waals surface area contributed by atoms with Crippen LogP contribution in [-0.2, 0) is 10.0 Å². The van der Waals surface area contributed by atoms with Crippen molar-refractivity contribution >= 4 is 15.9 Å². The molecule has 0 radical (unpaired) electrons. The maximum absolute atomic E-state index is 14.4. The minimum atomic E-state index is -4.05. The quantitative estimate of drug-likeness (QED) is 0.643. The van der Waals surface area contributed by atoms with E-state index in [4.69, 9.17) is 9.47 Å². The Morgan fingerprint density at radius 3 is 2.34 bits per heavy atom. The molecule has 3 rings (SSSR count). The Balaban J connectivity index is 1.90. The zero-order chi connectivity index (χ0) is 23.5. The Bertz CT molecular complexity index is 1080. The minimum Gasteiger partial charge on any atom is -0.486 e. The Hall–Kier alpha value is -2.65. The molecule has 0 aliphatic carbocycles. The smallest absolute Gasteiger partial charge is 0.251 e. The maximum Gasteiger partial charge on any atom is 0.251 e. The molecule has 7 nitrogen and oxygen atoms in total. The van der Waals surface area contributed by atoms with Gasteiger partial charge in [0.05, 0.1) is 6.04 Å². The molecule has 1 aliphatic rings. The van der Waals surface area contributed by atoms with Gasteiger partial charge in [-0.2, -0.15) is 4.31 Å². The molecule has 32 heavy (non-hydrogen) atoms. The van der Waals surface area contributed by atoms with Crippen molar-refractivity contribution in [1.29, 1.82) is 0 Å². The van der Waals surface area contributed by atoms with Crippen molar-refractivity contribution in [3.8, 4) is 11.5 Å². The van der Waals surface area contributed by atoms with Crippen LogP contribution < -0.4 is 14.8 Å². The Labute approximate surface area is 188 Å². The van der Waals surface area contributed by atoms with Crippen LogP contribution in [0.25, 0.3) is 0 Å². The summed E-state index contributed by atoms with van der Waals surface area (Å²) in [5.41, 5.74) is 0.899. The van der Waals surface area contributed by atoms with Crippen molar-refractivity contribution < 1.29 is 27.1 Å². The summed E-state index contributed by atoms with van der Waals surface area (Å²) in [5.74, 6) is -0.0854. The number of sulfonamides is 1. The van der Waals surface area contributed by atoms with Crippen LogP contribution in [0.2, 0.25) is 0 Å². The van der Waals surface area contributed by atoms with Gasteiger partial charge in [-0.1, -0.05) is 33.8 Å². The van der Waals surface area contributed by atoms with Gasteiger partial charge in [-0.05, 0) is 41.8 Å². The molecule has 1 heterocycles. The Morgan fingerprint density at radius 2 is 1.72 bits per heavy atom. The van der Waals surface area contributed by atoms with E-state index in [9.17, 15) is 17.6 Å². The number of hydrogen-bond acceptors (Lipinski definition) is 5. The SMILES string of the molecule is CCN(CC)S(=O)(=O)c1cc(C(=O)NC(c2ccc3c(c2)OCCO3)C(C)C)ccc1F. The fraction of sp³-hybridized carbons (Fsp3) is 0.435. The van der Waals surface area contributed by atoms with E-state index >= 15 is 0 Å². The molecule has 0 fully saturated rings. The van der Waals surface area contributed by atoms with Crippen molar-refractivity contribution in [3.05, 3.63) is 53.3 Å². The molecule has 0 saturated heterocycles. The lowest BCUT2D eigenvalue weighted by molar-refractivity contribution is 0.0925. The first-order chi connectivity index (χ1) is 15.2. The lowest BCUT2D eigenvalue weighted by Crippen LogP contribution is -2.33. The highest BCUT2D eigenvalue weighted by atomic mass is 32.2. The first kappa shape index (κ1) is 24.0. The van der Waals surface area contributed by atoms with Gasteiger partial charge >= 0.3 is 0 Å². The molecule has 2 aromatic rings. The van der Waals surface area contributed by atoms with Crippen molar-refractivity contribution in [2.45, 2.75) is 38.6 Å². The monoisotopic (exact) mass is 464 g/mol. The van der Waals surface area contributed by atoms with Crippen molar-refractivity contribution in [2.24, 2.45) is 5.92 Å². The zero-order valence-corrected chi connectivity index (χ0v) is 19.5. The van der Waals surface area contributed by atoms with E-state index in [-0.39, 0.29) is 30.6 Å². The summed E-state index contributed by atoms with van der Waals surface area (Å²) in [6, 6.07) is 8.52. The largest absolute Gasteiger partial charge is 0.486 e. The number of nitrogens with one attached hydrogen (secondary N) is 1. The van der Waals surface area contributed by atoms with E-state index in [2.05, 4.69) is 5.32 Å². The van der Waals surface area contributed by atoms with E-state index in [0.717, 1.165) is 22.0 Å². The molecule has 0 aromatic heterocycles. The summed E-state index contributed by atoms with van der Waals surface area (Å²) in [5, 5.41) is 2.94. The van der Waals surface area contributed by atoms with Crippen LogP contribution in [0, 0.1) is 11.7 Å². The lowest BCUT2D eigenvalue weighted by atomic mass is 9.95. The number of halogens is 1. The number of rotatable bonds is 8. The lowest BCUT2D eigenvalue weighted by Gasteiger charge is -2.25. The molecule has 2 aromatic carbocycles. The number of nitrogens with zero attached hydrogens (tertiary/aromatic N) is 1. The van der Waals surface area contributed by atoms with Crippen LogP contribution in [0.5, 0.6) is 11.5 Å². The highest BCUT2D eigenvalue weighted by molar-refractivity contribution is 7.89. The zero-order valence-electron chi connectivity index (χ0n) is 18.7. The Kier molecular flexibility index (Phi) is 7.40. The van der Waals surface area contributed by atoms with Crippen LogP contribution in [0.15, 0.2) is 41.3 Å². The van der Waals surface area contributed by atoms with Gasteiger partial charge in [0.2, 0.25) is 10.0 Å². The summed E-state index contributed by atoms with van der Waals surface area (Å²) in [7, 11) is -4.05. The fourth-order valence-corrected chi connectivity index (χ4v) is 5.21. The molecule has 1 atom stereocenters. The van der Waals surface area contributed by atoms with Gasteiger partial charge in [0.1, 0.15) is 23.9 Å². The third-order valence-electron chi connectivity index (χ3n) is 5.40. The first-order valence-corrected chi connectivity index (χ1v) is 12.1. The van der Waals surface area contributed by atoms with Crippen molar-refractivity contribution in [2.75, 3.05) is 26.3 Å². The number of hydrogen-bond donors (Lipinski definition) is 1. The fourth-order valence-electron chi connectivity index (χ4n) is 3.66. The number of fused-ring (bicyclic) bond motifs is 1. The number of amides is 1. The van der Waals surface area contributed by atoms with Crippen LogP contribution in [0.1, 0.15) is 49.7 Å². The second-order valence-corrected chi connectivity index (χ2v) is 9.74. The molecule has 0 bridgehead atoms. The second kappa shape index (κ2) is 9.87. The number of benzene rings is 2. The number of carbonyl (C=O) groups is 1. The predicted octanol–water partition coefficient (Wildman–Crippen LogP) is 3.75. The average molecular weight is 465 g/mol. The topological polar surface area (TPSA) is 84.9 Å². The van der Waals surface area contributed by atoms with Crippen LogP contribution in [-0.4, -0.2) is 44.9 Å². The highest BCUT2D eigenvalue weighted by Crippen LogP contribution is 2.34. The van der Waals surface area contributed by atoms with Gasteiger partial charge in [-0.25, -0.2) is 12.8 Å². The van der Waals surface area contributed by atoms with Gasteiger partial charge < -0.3 is 14.8 Å². The van der Waals surface area contributed by atoms with Crippen LogP contribution in [0.4, 0.5) is 4.39 Å². The molecular formula is C23H29FN2O5S. The van der Waals surface area contributed by atoms with Crippen molar-refractivity contribution in [1.82, 2.24) is 9.62 Å². The molecule has 1 aliphatic heterocycles. The average Bonchev–Trinajstić information content (AvgIpc) is 2.77. The summed E-state index contributed by atoms with van der Waals surface area (Å²) in [6.45, 7) is 8.62. The summed E-state index contributed by atoms with van der Waals surface area (Å²) < 4.78 is 52.4. The standard InChI is InChI=1S/C23H29FN2O5S/c1-5-26(6-2)32(28,29)21-14-17(7-9-18(21)24)23(27)25-22(15(3)4)16-8-10-19-20(13-16)31-12-11-30-19/h7-10,13-15,22H,5-6,11-12H2,1-4H3,(H,25,27). The predicted molar refractivity (Wildman–Crippen MR) is 119 cm³/mol. The van der Waals surface area contributed by atoms with E-state index in [1.54, 1.807) is 19.9 Å². The molecule has 174 valence electrons. The maximum atomic E-state index is 14.4. The minimum absolute atomic E-state index is 0.0286. The van der Waals surface area contributed by atoms with Crippen molar-refractivity contribution in [3.63, 3.8) is 0 Å². The normalized spacial score (nSPS) is 14.5. The summed E-state index contributed by atoms with van der Waals surface area (Å²) >= 11 is 0. The van der Waals surface area contributed by atoms with E-state index in [0.29, 0.717) is 24.7 Å².